The molecule has 0 radical (unpaired) electrons. The minimum atomic E-state index is -1.21. The highest BCUT2D eigenvalue weighted by molar-refractivity contribution is 6.32. The molecule has 14 heavy (non-hydrogen) atoms. The maximum atomic E-state index is 5.81. The van der Waals surface area contributed by atoms with E-state index in [0.717, 1.165) is 0 Å². The fraction of sp³-hybridized carbons (Fsp3) is 0.143. The number of nitrogens with two attached hydrogens (primary N) is 1. The summed E-state index contributed by atoms with van der Waals surface area (Å²) in [4.78, 5) is 7.68. The Kier molecular flexibility index (Phi) is 2.22. The van der Waals surface area contributed by atoms with Crippen molar-refractivity contribution in [2.45, 2.75) is 5.79 Å². The molecule has 1 aromatic heterocycles. The van der Waals surface area contributed by atoms with Crippen LogP contribution in [0.3, 0.4) is 0 Å². The van der Waals surface area contributed by atoms with Gasteiger partial charge in [0.1, 0.15) is 16.6 Å². The molecule has 0 fully saturated rings. The van der Waals surface area contributed by atoms with Crippen molar-refractivity contribution in [2.75, 3.05) is 0 Å². The topological polar surface area (TPSA) is 76.0 Å². The highest BCUT2D eigenvalue weighted by Crippen LogP contribution is 2.27. The van der Waals surface area contributed by atoms with E-state index in [0.29, 0.717) is 5.56 Å². The molecule has 7 heteroatoms. The van der Waals surface area contributed by atoms with Crippen molar-refractivity contribution in [3.63, 3.8) is 0 Å². The average Bonchev–Trinajstić information content (AvgIpc) is 2.52. The molecule has 1 atom stereocenters. The number of nitrogens with zero attached hydrogens (tertiary/aromatic N) is 4. The Bertz CT molecular complexity index is 396. The lowest BCUT2D eigenvalue weighted by molar-refractivity contribution is 0.493. The van der Waals surface area contributed by atoms with Crippen LogP contribution in [0.2, 0.25) is 10.3 Å². The normalized spacial score (nSPS) is 24.5. The third kappa shape index (κ3) is 1.61. The molecule has 0 bridgehead atoms. The second-order valence-corrected chi connectivity index (χ2v) is 3.46. The molecule has 1 unspecified atom stereocenters. The quantitative estimate of drug-likeness (QED) is 0.748. The van der Waals surface area contributed by atoms with Crippen LogP contribution in [0.15, 0.2) is 27.4 Å². The molecule has 1 aliphatic heterocycles. The first-order chi connectivity index (χ1) is 6.60. The molecule has 0 saturated heterocycles. The number of azo groups is 1. The summed E-state index contributed by atoms with van der Waals surface area (Å²) in [5.41, 5.74) is 6.37. The molecule has 2 N–H and O–H groups in total. The Hall–Kier alpha value is -1.04. The predicted octanol–water partition coefficient (Wildman–Crippen LogP) is 1.95. The van der Waals surface area contributed by atoms with Crippen LogP contribution in [-0.4, -0.2) is 11.3 Å². The van der Waals surface area contributed by atoms with Crippen molar-refractivity contribution in [2.24, 2.45) is 21.0 Å². The van der Waals surface area contributed by atoms with Crippen molar-refractivity contribution < 1.29 is 0 Å². The van der Waals surface area contributed by atoms with Crippen LogP contribution < -0.4 is 5.73 Å². The largest absolute Gasteiger partial charge is 0.283 e. The van der Waals surface area contributed by atoms with Crippen molar-refractivity contribution in [3.05, 3.63) is 28.0 Å². The highest BCUT2D eigenvalue weighted by atomic mass is 35.5. The van der Waals surface area contributed by atoms with Gasteiger partial charge in [0.2, 0.25) is 5.79 Å². The van der Waals surface area contributed by atoms with Crippen LogP contribution in [0.1, 0.15) is 5.56 Å². The van der Waals surface area contributed by atoms with E-state index in [1.54, 1.807) is 12.1 Å². The van der Waals surface area contributed by atoms with Gasteiger partial charge in [-0.3, -0.25) is 5.73 Å². The Morgan fingerprint density at radius 1 is 1.21 bits per heavy atom. The number of rotatable bonds is 1. The van der Waals surface area contributed by atoms with Crippen molar-refractivity contribution in [1.82, 2.24) is 4.98 Å². The molecule has 0 aliphatic carbocycles. The van der Waals surface area contributed by atoms with E-state index in [2.05, 4.69) is 20.2 Å². The maximum absolute atomic E-state index is 5.81. The monoisotopic (exact) mass is 229 g/mol. The summed E-state index contributed by atoms with van der Waals surface area (Å²) in [5.74, 6) is -1.21. The van der Waals surface area contributed by atoms with E-state index in [4.69, 9.17) is 28.9 Å². The number of aromatic nitrogens is 1. The Morgan fingerprint density at radius 2 is 1.86 bits per heavy atom. The second-order valence-electron chi connectivity index (χ2n) is 2.69. The van der Waals surface area contributed by atoms with Gasteiger partial charge in [0.25, 0.3) is 0 Å². The smallest absolute Gasteiger partial charge is 0.250 e. The first kappa shape index (κ1) is 9.51. The summed E-state index contributed by atoms with van der Waals surface area (Å²) in [6.07, 6.45) is 1.28. The van der Waals surface area contributed by atoms with E-state index in [9.17, 15) is 0 Å². The lowest BCUT2D eigenvalue weighted by Gasteiger charge is -2.15. The lowest BCUT2D eigenvalue weighted by Crippen LogP contribution is -2.30. The summed E-state index contributed by atoms with van der Waals surface area (Å²) < 4.78 is 0. The molecular formula is C7H5Cl2N5. The van der Waals surface area contributed by atoms with Gasteiger partial charge in [-0.1, -0.05) is 23.2 Å². The fourth-order valence-electron chi connectivity index (χ4n) is 1.06. The fourth-order valence-corrected chi connectivity index (χ4v) is 1.52. The van der Waals surface area contributed by atoms with Gasteiger partial charge in [-0.15, -0.1) is 10.2 Å². The van der Waals surface area contributed by atoms with Crippen LogP contribution in [0, 0.1) is 0 Å². The highest BCUT2D eigenvalue weighted by Gasteiger charge is 2.29. The van der Waals surface area contributed by atoms with E-state index in [1.807, 2.05) is 0 Å². The molecule has 0 saturated carbocycles. The number of aliphatic imine (C=N–C) groups is 1. The zero-order valence-corrected chi connectivity index (χ0v) is 8.37. The summed E-state index contributed by atoms with van der Waals surface area (Å²) in [5, 5.41) is 7.82. The Labute approximate surface area is 89.7 Å². The maximum Gasteiger partial charge on any atom is 0.250 e. The summed E-state index contributed by atoms with van der Waals surface area (Å²) in [6.45, 7) is 0. The Morgan fingerprint density at radius 3 is 2.36 bits per heavy atom. The molecule has 0 aromatic carbocycles. The van der Waals surface area contributed by atoms with E-state index in [-0.39, 0.29) is 10.3 Å². The molecule has 0 amide bonds. The van der Waals surface area contributed by atoms with Gasteiger partial charge < -0.3 is 0 Å². The van der Waals surface area contributed by atoms with Crippen LogP contribution >= 0.6 is 23.2 Å². The third-order valence-corrected chi connectivity index (χ3v) is 2.09. The zero-order chi connectivity index (χ0) is 10.2. The van der Waals surface area contributed by atoms with E-state index >= 15 is 0 Å². The molecule has 1 aromatic rings. The van der Waals surface area contributed by atoms with Gasteiger partial charge in [-0.2, -0.15) is 0 Å². The van der Waals surface area contributed by atoms with Gasteiger partial charge in [-0.05, 0) is 12.1 Å². The van der Waals surface area contributed by atoms with Crippen LogP contribution in [0.5, 0.6) is 0 Å². The van der Waals surface area contributed by atoms with Gasteiger partial charge in [0.15, 0.2) is 0 Å². The standard InChI is InChI=1S/C7H5Cl2N5/c8-5-1-4(2-6(9)13-5)7(10)11-3-12-14-7/h1-3H,10H2. The van der Waals surface area contributed by atoms with Crippen molar-refractivity contribution in [1.29, 1.82) is 0 Å². The summed E-state index contributed by atoms with van der Waals surface area (Å²) in [6, 6.07) is 3.10. The first-order valence-electron chi connectivity index (χ1n) is 3.68. The lowest BCUT2D eigenvalue weighted by atomic mass is 10.1. The molecule has 1 aliphatic rings. The molecule has 5 nitrogen and oxygen atoms in total. The molecule has 0 spiro atoms. The van der Waals surface area contributed by atoms with Gasteiger partial charge in [0, 0.05) is 5.56 Å². The number of pyridine rings is 1. The molecule has 72 valence electrons. The minimum Gasteiger partial charge on any atom is -0.283 e. The number of halogens is 2. The SMILES string of the molecule is NC1(c2cc(Cl)nc(Cl)c2)N=CN=N1. The average molecular weight is 230 g/mol. The van der Waals surface area contributed by atoms with Crippen LogP contribution in [0.25, 0.3) is 0 Å². The van der Waals surface area contributed by atoms with E-state index in [1.165, 1.54) is 6.34 Å². The van der Waals surface area contributed by atoms with Gasteiger partial charge >= 0.3 is 0 Å². The molecular weight excluding hydrogens is 225 g/mol. The first-order valence-corrected chi connectivity index (χ1v) is 4.44. The summed E-state index contributed by atoms with van der Waals surface area (Å²) >= 11 is 11.4. The summed E-state index contributed by atoms with van der Waals surface area (Å²) in [7, 11) is 0. The van der Waals surface area contributed by atoms with Crippen molar-refractivity contribution >= 4 is 29.5 Å². The van der Waals surface area contributed by atoms with Crippen molar-refractivity contribution in [3.8, 4) is 0 Å². The number of hydrogen-bond donors (Lipinski definition) is 1. The zero-order valence-electron chi connectivity index (χ0n) is 6.85. The Balaban J connectivity index is 2.51. The molecule has 2 heterocycles. The predicted molar refractivity (Wildman–Crippen MR) is 53.5 cm³/mol. The van der Waals surface area contributed by atoms with Gasteiger partial charge in [-0.25, -0.2) is 9.98 Å². The molecule has 2 rings (SSSR count). The van der Waals surface area contributed by atoms with Crippen LogP contribution in [0.4, 0.5) is 0 Å². The minimum absolute atomic E-state index is 0.245. The third-order valence-electron chi connectivity index (χ3n) is 1.70. The number of hydrogen-bond acceptors (Lipinski definition) is 5. The van der Waals surface area contributed by atoms with Gasteiger partial charge in [0.05, 0.1) is 0 Å². The second kappa shape index (κ2) is 3.27. The van der Waals surface area contributed by atoms with E-state index < -0.39 is 5.79 Å². The van der Waals surface area contributed by atoms with Crippen LogP contribution in [-0.2, 0) is 5.79 Å².